The zero-order valence-corrected chi connectivity index (χ0v) is 14.3. The van der Waals surface area contributed by atoms with Gasteiger partial charge < -0.3 is 0 Å². The molecule has 1 heterocycles. The molecule has 22 heavy (non-hydrogen) atoms. The maximum Gasteiger partial charge on any atom is 0.244 e. The third kappa shape index (κ3) is 3.23. The normalized spacial score (nSPS) is 12.0. The van der Waals surface area contributed by atoms with Crippen LogP contribution in [-0.4, -0.2) is 24.2 Å². The van der Waals surface area contributed by atoms with Crippen LogP contribution in [-0.2, 0) is 10.0 Å². The van der Waals surface area contributed by atoms with E-state index in [1.54, 1.807) is 18.5 Å². The van der Waals surface area contributed by atoms with E-state index in [9.17, 15) is 8.42 Å². The summed E-state index contributed by atoms with van der Waals surface area (Å²) in [6, 6.07) is 9.49. The topological polar surface area (TPSA) is 64.0 Å². The second-order valence-electron chi connectivity index (χ2n) is 5.38. The van der Waals surface area contributed by atoms with Crippen LogP contribution in [0.4, 0.5) is 0 Å². The van der Waals surface area contributed by atoms with Crippen molar-refractivity contribution in [3.05, 3.63) is 41.7 Å². The van der Waals surface area contributed by atoms with Crippen molar-refractivity contribution in [3.63, 3.8) is 0 Å². The highest BCUT2D eigenvalue weighted by Crippen LogP contribution is 2.23. The van der Waals surface area contributed by atoms with Crippen molar-refractivity contribution >= 4 is 10.0 Å². The van der Waals surface area contributed by atoms with Gasteiger partial charge in [0, 0.05) is 6.04 Å². The van der Waals surface area contributed by atoms with Gasteiger partial charge in [0.2, 0.25) is 10.0 Å². The molecule has 0 aliphatic rings. The minimum Gasteiger partial charge on any atom is -0.236 e. The highest BCUT2D eigenvalue weighted by atomic mass is 32.2. The Morgan fingerprint density at radius 1 is 1.14 bits per heavy atom. The zero-order chi connectivity index (χ0) is 16.3. The summed E-state index contributed by atoms with van der Waals surface area (Å²) in [6.45, 7) is 7.47. The molecular formula is C16H23N3O2S. The predicted octanol–water partition coefficient (Wildman–Crippen LogP) is 2.96. The molecule has 0 bridgehead atoms. The SMILES string of the molecule is CCC(CC)NS(=O)(=O)c1c(C)nn(-c2ccccc2)c1C. The van der Waals surface area contributed by atoms with Crippen molar-refractivity contribution in [3.8, 4) is 5.69 Å². The van der Waals surface area contributed by atoms with Crippen molar-refractivity contribution in [2.24, 2.45) is 0 Å². The lowest BCUT2D eigenvalue weighted by molar-refractivity contribution is 0.529. The molecule has 6 heteroatoms. The molecule has 0 unspecified atom stereocenters. The summed E-state index contributed by atoms with van der Waals surface area (Å²) < 4.78 is 29.8. The maximum absolute atomic E-state index is 12.7. The Kier molecular flexibility index (Phi) is 5.03. The van der Waals surface area contributed by atoms with Gasteiger partial charge in [0.15, 0.2) is 0 Å². The quantitative estimate of drug-likeness (QED) is 0.889. The van der Waals surface area contributed by atoms with Crippen LogP contribution in [0.5, 0.6) is 0 Å². The Hall–Kier alpha value is -1.66. The van der Waals surface area contributed by atoms with Gasteiger partial charge in [-0.05, 0) is 38.8 Å². The van der Waals surface area contributed by atoms with Crippen LogP contribution >= 0.6 is 0 Å². The first-order chi connectivity index (χ1) is 10.4. The smallest absolute Gasteiger partial charge is 0.236 e. The van der Waals surface area contributed by atoms with Crippen LogP contribution in [0.25, 0.3) is 5.69 Å². The Balaban J connectivity index is 2.47. The molecular weight excluding hydrogens is 298 g/mol. The summed E-state index contributed by atoms with van der Waals surface area (Å²) in [4.78, 5) is 0.281. The number of para-hydroxylation sites is 1. The molecule has 0 saturated heterocycles. The molecule has 1 aromatic heterocycles. The number of nitrogens with zero attached hydrogens (tertiary/aromatic N) is 2. The molecule has 2 aromatic rings. The van der Waals surface area contributed by atoms with Crippen molar-refractivity contribution in [1.82, 2.24) is 14.5 Å². The first-order valence-corrected chi connectivity index (χ1v) is 9.03. The Morgan fingerprint density at radius 2 is 1.73 bits per heavy atom. The number of hydrogen-bond acceptors (Lipinski definition) is 3. The molecule has 0 fully saturated rings. The van der Waals surface area contributed by atoms with Gasteiger partial charge in [-0.2, -0.15) is 5.10 Å². The molecule has 0 radical (unpaired) electrons. The van der Waals surface area contributed by atoms with Gasteiger partial charge in [0.25, 0.3) is 0 Å². The number of aryl methyl sites for hydroxylation is 1. The predicted molar refractivity (Wildman–Crippen MR) is 87.7 cm³/mol. The Labute approximate surface area is 132 Å². The van der Waals surface area contributed by atoms with Gasteiger partial charge in [-0.1, -0.05) is 32.0 Å². The fraction of sp³-hybridized carbons (Fsp3) is 0.438. The lowest BCUT2D eigenvalue weighted by atomic mass is 10.2. The Bertz CT molecular complexity index is 732. The standard InChI is InChI=1S/C16H23N3O2S/c1-5-14(6-2)18-22(20,21)16-12(3)17-19(13(16)4)15-10-8-7-9-11-15/h7-11,14,18H,5-6H2,1-4H3. The molecule has 0 atom stereocenters. The van der Waals surface area contributed by atoms with Gasteiger partial charge in [-0.15, -0.1) is 0 Å². The van der Waals surface area contributed by atoms with Crippen molar-refractivity contribution in [2.75, 3.05) is 0 Å². The van der Waals surface area contributed by atoms with E-state index in [0.717, 1.165) is 18.5 Å². The lowest BCUT2D eigenvalue weighted by Gasteiger charge is -2.15. The largest absolute Gasteiger partial charge is 0.244 e. The zero-order valence-electron chi connectivity index (χ0n) is 13.5. The summed E-state index contributed by atoms with van der Waals surface area (Å²) in [5, 5.41) is 4.40. The molecule has 5 nitrogen and oxygen atoms in total. The minimum atomic E-state index is -3.57. The summed E-state index contributed by atoms with van der Waals surface area (Å²) in [5.74, 6) is 0. The highest BCUT2D eigenvalue weighted by Gasteiger charge is 2.26. The number of hydrogen-bond donors (Lipinski definition) is 1. The highest BCUT2D eigenvalue weighted by molar-refractivity contribution is 7.89. The molecule has 0 saturated carbocycles. The summed E-state index contributed by atoms with van der Waals surface area (Å²) in [5.41, 5.74) is 1.99. The summed E-state index contributed by atoms with van der Waals surface area (Å²) in [6.07, 6.45) is 1.53. The first kappa shape index (κ1) is 16.7. The average Bonchev–Trinajstić information content (AvgIpc) is 2.81. The number of aromatic nitrogens is 2. The van der Waals surface area contributed by atoms with Crippen molar-refractivity contribution < 1.29 is 8.42 Å². The molecule has 0 aliphatic carbocycles. The fourth-order valence-corrected chi connectivity index (χ4v) is 4.37. The van der Waals surface area contributed by atoms with E-state index in [0.29, 0.717) is 11.4 Å². The molecule has 0 spiro atoms. The first-order valence-electron chi connectivity index (χ1n) is 7.54. The van der Waals surface area contributed by atoms with Crippen LogP contribution in [0.15, 0.2) is 35.2 Å². The number of rotatable bonds is 6. The average molecular weight is 321 g/mol. The van der Waals surface area contributed by atoms with Gasteiger partial charge in [-0.3, -0.25) is 0 Å². The van der Waals surface area contributed by atoms with Crippen LogP contribution in [0.3, 0.4) is 0 Å². The maximum atomic E-state index is 12.7. The van der Waals surface area contributed by atoms with Crippen LogP contribution in [0.1, 0.15) is 38.1 Å². The van der Waals surface area contributed by atoms with E-state index < -0.39 is 10.0 Å². The van der Waals surface area contributed by atoms with E-state index in [-0.39, 0.29) is 10.9 Å². The molecule has 2 rings (SSSR count). The van der Waals surface area contributed by atoms with E-state index >= 15 is 0 Å². The van der Waals surface area contributed by atoms with Gasteiger partial charge in [0.05, 0.1) is 17.1 Å². The molecule has 0 aliphatic heterocycles. The van der Waals surface area contributed by atoms with E-state index in [1.165, 1.54) is 0 Å². The van der Waals surface area contributed by atoms with E-state index in [1.807, 2.05) is 44.2 Å². The second-order valence-corrected chi connectivity index (χ2v) is 7.03. The minimum absolute atomic E-state index is 0.0520. The van der Waals surface area contributed by atoms with Gasteiger partial charge >= 0.3 is 0 Å². The summed E-state index contributed by atoms with van der Waals surface area (Å²) >= 11 is 0. The fourth-order valence-electron chi connectivity index (χ4n) is 2.57. The third-order valence-electron chi connectivity index (χ3n) is 3.80. The molecule has 1 aromatic carbocycles. The molecule has 0 amide bonds. The monoisotopic (exact) mass is 321 g/mol. The number of sulfonamides is 1. The molecule has 120 valence electrons. The van der Waals surface area contributed by atoms with Crippen molar-refractivity contribution in [1.29, 1.82) is 0 Å². The van der Waals surface area contributed by atoms with Crippen molar-refractivity contribution in [2.45, 2.75) is 51.5 Å². The van der Waals surface area contributed by atoms with Crippen LogP contribution < -0.4 is 4.72 Å². The van der Waals surface area contributed by atoms with Crippen LogP contribution in [0, 0.1) is 13.8 Å². The third-order valence-corrected chi connectivity index (χ3v) is 5.57. The lowest BCUT2D eigenvalue weighted by Crippen LogP contribution is -2.34. The number of benzene rings is 1. The Morgan fingerprint density at radius 3 is 2.27 bits per heavy atom. The summed E-state index contributed by atoms with van der Waals surface area (Å²) in [7, 11) is -3.57. The van der Waals surface area contributed by atoms with E-state index in [2.05, 4.69) is 9.82 Å². The van der Waals surface area contributed by atoms with Gasteiger partial charge in [0.1, 0.15) is 4.90 Å². The molecule has 1 N–H and O–H groups in total. The van der Waals surface area contributed by atoms with Gasteiger partial charge in [-0.25, -0.2) is 17.8 Å². The van der Waals surface area contributed by atoms with E-state index in [4.69, 9.17) is 0 Å². The number of nitrogens with one attached hydrogen (secondary N) is 1. The van der Waals surface area contributed by atoms with Crippen LogP contribution in [0.2, 0.25) is 0 Å². The second kappa shape index (κ2) is 6.62.